The van der Waals surface area contributed by atoms with Crippen LogP contribution in [0.3, 0.4) is 0 Å². The standard InChI is InChI=1S/C16H20ClN3O2/c1-21-10-13-12-5-3-4-8-18-16(12)20(19-13)14-9-11(17)6-7-15(14)22-2/h6-7,9,18H,3-5,8,10H2,1-2H3. The number of nitrogens with zero attached hydrogens (tertiary/aromatic N) is 2. The summed E-state index contributed by atoms with van der Waals surface area (Å²) in [6, 6.07) is 5.55. The number of halogens is 1. The number of anilines is 1. The van der Waals surface area contributed by atoms with E-state index in [0.717, 1.165) is 48.8 Å². The Labute approximate surface area is 135 Å². The molecule has 1 aliphatic rings. The van der Waals surface area contributed by atoms with Crippen LogP contribution in [0.5, 0.6) is 5.75 Å². The summed E-state index contributed by atoms with van der Waals surface area (Å²) in [6.07, 6.45) is 3.30. The summed E-state index contributed by atoms with van der Waals surface area (Å²) in [5.41, 5.74) is 3.03. The van der Waals surface area contributed by atoms with Crippen molar-refractivity contribution in [3.8, 4) is 11.4 Å². The highest BCUT2D eigenvalue weighted by Crippen LogP contribution is 2.33. The summed E-state index contributed by atoms with van der Waals surface area (Å²) >= 11 is 6.17. The SMILES string of the molecule is COCc1nn(-c2cc(Cl)ccc2OC)c2c1CCCCN2. The molecule has 0 unspecified atom stereocenters. The Hall–Kier alpha value is -1.72. The molecule has 22 heavy (non-hydrogen) atoms. The van der Waals surface area contributed by atoms with Crippen LogP contribution in [0.2, 0.25) is 5.02 Å². The van der Waals surface area contributed by atoms with Crippen LogP contribution in [0.4, 0.5) is 5.82 Å². The van der Waals surface area contributed by atoms with E-state index in [1.807, 2.05) is 22.9 Å². The van der Waals surface area contributed by atoms with E-state index in [1.165, 1.54) is 5.56 Å². The van der Waals surface area contributed by atoms with Crippen LogP contribution in [0.25, 0.3) is 5.69 Å². The lowest BCUT2D eigenvalue weighted by Gasteiger charge is -2.13. The van der Waals surface area contributed by atoms with Gasteiger partial charge in [0.05, 0.1) is 19.4 Å². The quantitative estimate of drug-likeness (QED) is 0.937. The molecular formula is C16H20ClN3O2. The monoisotopic (exact) mass is 321 g/mol. The van der Waals surface area contributed by atoms with Crippen molar-refractivity contribution in [2.45, 2.75) is 25.9 Å². The Balaban J connectivity index is 2.16. The van der Waals surface area contributed by atoms with Gasteiger partial charge in [0.25, 0.3) is 0 Å². The molecule has 0 bridgehead atoms. The zero-order valence-electron chi connectivity index (χ0n) is 12.9. The summed E-state index contributed by atoms with van der Waals surface area (Å²) in [4.78, 5) is 0. The molecule has 0 saturated heterocycles. The minimum Gasteiger partial charge on any atom is -0.494 e. The van der Waals surface area contributed by atoms with Crippen molar-refractivity contribution in [1.29, 1.82) is 0 Å². The van der Waals surface area contributed by atoms with Gasteiger partial charge in [-0.05, 0) is 37.5 Å². The lowest BCUT2D eigenvalue weighted by atomic mass is 10.1. The largest absolute Gasteiger partial charge is 0.494 e. The van der Waals surface area contributed by atoms with Gasteiger partial charge in [-0.25, -0.2) is 4.68 Å². The highest BCUT2D eigenvalue weighted by molar-refractivity contribution is 6.30. The predicted octanol–water partition coefficient (Wildman–Crippen LogP) is 3.43. The molecular weight excluding hydrogens is 302 g/mol. The van der Waals surface area contributed by atoms with Crippen LogP contribution in [0.1, 0.15) is 24.1 Å². The van der Waals surface area contributed by atoms with E-state index in [-0.39, 0.29) is 0 Å². The van der Waals surface area contributed by atoms with Crippen molar-refractivity contribution < 1.29 is 9.47 Å². The molecule has 0 amide bonds. The van der Waals surface area contributed by atoms with Crippen molar-refractivity contribution in [3.05, 3.63) is 34.5 Å². The molecule has 5 nitrogen and oxygen atoms in total. The number of hydrogen-bond donors (Lipinski definition) is 1. The summed E-state index contributed by atoms with van der Waals surface area (Å²) < 4.78 is 12.7. The summed E-state index contributed by atoms with van der Waals surface area (Å²) in [6.45, 7) is 1.44. The zero-order valence-corrected chi connectivity index (χ0v) is 13.6. The van der Waals surface area contributed by atoms with Gasteiger partial charge in [0.15, 0.2) is 0 Å². The predicted molar refractivity (Wildman–Crippen MR) is 87.3 cm³/mol. The van der Waals surface area contributed by atoms with Gasteiger partial charge in [-0.15, -0.1) is 0 Å². The van der Waals surface area contributed by atoms with Gasteiger partial charge < -0.3 is 14.8 Å². The summed E-state index contributed by atoms with van der Waals surface area (Å²) in [7, 11) is 3.34. The van der Waals surface area contributed by atoms with E-state index in [1.54, 1.807) is 14.2 Å². The third-order valence-electron chi connectivity index (χ3n) is 3.86. The van der Waals surface area contributed by atoms with Crippen LogP contribution in [0, 0.1) is 0 Å². The van der Waals surface area contributed by atoms with E-state index < -0.39 is 0 Å². The number of methoxy groups -OCH3 is 2. The van der Waals surface area contributed by atoms with E-state index >= 15 is 0 Å². The van der Waals surface area contributed by atoms with Crippen LogP contribution in [0.15, 0.2) is 18.2 Å². The van der Waals surface area contributed by atoms with E-state index in [2.05, 4.69) is 5.32 Å². The van der Waals surface area contributed by atoms with Crippen LogP contribution in [-0.4, -0.2) is 30.5 Å². The Morgan fingerprint density at radius 2 is 2.18 bits per heavy atom. The number of rotatable bonds is 4. The van der Waals surface area contributed by atoms with Gasteiger partial charge in [0, 0.05) is 24.2 Å². The van der Waals surface area contributed by atoms with Gasteiger partial charge >= 0.3 is 0 Å². The average molecular weight is 322 g/mol. The van der Waals surface area contributed by atoms with Crippen LogP contribution >= 0.6 is 11.6 Å². The number of aromatic nitrogens is 2. The number of nitrogens with one attached hydrogen (secondary N) is 1. The molecule has 6 heteroatoms. The molecule has 0 atom stereocenters. The first-order valence-corrected chi connectivity index (χ1v) is 7.80. The first kappa shape index (κ1) is 15.2. The topological polar surface area (TPSA) is 48.3 Å². The second kappa shape index (κ2) is 6.58. The van der Waals surface area contributed by atoms with E-state index in [4.69, 9.17) is 26.2 Å². The maximum atomic E-state index is 6.17. The molecule has 3 rings (SSSR count). The highest BCUT2D eigenvalue weighted by Gasteiger charge is 2.22. The molecule has 0 spiro atoms. The maximum Gasteiger partial charge on any atom is 0.144 e. The molecule has 1 aliphatic heterocycles. The molecule has 1 N–H and O–H groups in total. The Bertz CT molecular complexity index is 670. The number of fused-ring (bicyclic) bond motifs is 1. The van der Waals surface area contributed by atoms with Crippen molar-refractivity contribution in [2.75, 3.05) is 26.1 Å². The fourth-order valence-corrected chi connectivity index (χ4v) is 3.00. The lowest BCUT2D eigenvalue weighted by molar-refractivity contribution is 0.180. The Kier molecular flexibility index (Phi) is 4.55. The highest BCUT2D eigenvalue weighted by atomic mass is 35.5. The second-order valence-electron chi connectivity index (χ2n) is 5.32. The van der Waals surface area contributed by atoms with Gasteiger partial charge in [-0.1, -0.05) is 11.6 Å². The smallest absolute Gasteiger partial charge is 0.144 e. The van der Waals surface area contributed by atoms with Gasteiger partial charge in [0.2, 0.25) is 0 Å². The third kappa shape index (κ3) is 2.78. The second-order valence-corrected chi connectivity index (χ2v) is 5.76. The molecule has 2 aromatic rings. The first-order chi connectivity index (χ1) is 10.7. The van der Waals surface area contributed by atoms with E-state index in [9.17, 15) is 0 Å². The summed E-state index contributed by atoms with van der Waals surface area (Å²) in [5, 5.41) is 8.88. The number of benzene rings is 1. The molecule has 0 saturated carbocycles. The van der Waals surface area contributed by atoms with Gasteiger partial charge in [0.1, 0.15) is 17.3 Å². The maximum absolute atomic E-state index is 6.17. The number of ether oxygens (including phenoxy) is 2. The zero-order chi connectivity index (χ0) is 15.5. The molecule has 0 aliphatic carbocycles. The fourth-order valence-electron chi connectivity index (χ4n) is 2.83. The fraction of sp³-hybridized carbons (Fsp3) is 0.438. The van der Waals surface area contributed by atoms with E-state index in [0.29, 0.717) is 11.6 Å². The Morgan fingerprint density at radius 1 is 1.32 bits per heavy atom. The lowest BCUT2D eigenvalue weighted by Crippen LogP contribution is -2.08. The number of hydrogen-bond acceptors (Lipinski definition) is 4. The van der Waals surface area contributed by atoms with Crippen molar-refractivity contribution in [2.24, 2.45) is 0 Å². The molecule has 118 valence electrons. The third-order valence-corrected chi connectivity index (χ3v) is 4.10. The van der Waals surface area contributed by atoms with Crippen LogP contribution in [-0.2, 0) is 17.8 Å². The molecule has 2 heterocycles. The molecule has 1 aromatic carbocycles. The molecule has 0 fully saturated rings. The Morgan fingerprint density at radius 3 is 2.95 bits per heavy atom. The molecule has 0 radical (unpaired) electrons. The normalized spacial score (nSPS) is 14.1. The minimum absolute atomic E-state index is 0.500. The minimum atomic E-state index is 0.500. The van der Waals surface area contributed by atoms with Crippen molar-refractivity contribution in [3.63, 3.8) is 0 Å². The van der Waals surface area contributed by atoms with Crippen molar-refractivity contribution >= 4 is 17.4 Å². The first-order valence-electron chi connectivity index (χ1n) is 7.42. The van der Waals surface area contributed by atoms with Gasteiger partial charge in [-0.3, -0.25) is 0 Å². The van der Waals surface area contributed by atoms with Gasteiger partial charge in [-0.2, -0.15) is 5.10 Å². The summed E-state index contributed by atoms with van der Waals surface area (Å²) in [5.74, 6) is 1.76. The molecule has 1 aromatic heterocycles. The van der Waals surface area contributed by atoms with Crippen LogP contribution < -0.4 is 10.1 Å². The average Bonchev–Trinajstić information content (AvgIpc) is 2.71. The van der Waals surface area contributed by atoms with Crippen molar-refractivity contribution in [1.82, 2.24) is 9.78 Å².